The molecule has 0 atom stereocenters. The smallest absolute Gasteiger partial charge is 0.393 e. The minimum Gasteiger partial charge on any atom is -0.393 e. The molecule has 2 aromatic rings. The van der Waals surface area contributed by atoms with Crippen LogP contribution in [0.3, 0.4) is 0 Å². The molecule has 0 spiro atoms. The maximum Gasteiger partial charge on any atom is 0.737 e. The molecule has 3 nitrogen and oxygen atoms in total. The Labute approximate surface area is 100 Å². The summed E-state index contributed by atoms with van der Waals surface area (Å²) in [6.45, 7) is -4.02. The highest BCUT2D eigenvalue weighted by molar-refractivity contribution is 6.57. The predicted molar refractivity (Wildman–Crippen MR) is 58.3 cm³/mol. The van der Waals surface area contributed by atoms with Crippen LogP contribution in [0, 0.1) is 0 Å². The van der Waals surface area contributed by atoms with Gasteiger partial charge in [-0.1, -0.05) is 11.6 Å². The molecule has 0 saturated heterocycles. The third-order valence-electron chi connectivity index (χ3n) is 2.86. The zero-order valence-electron chi connectivity index (χ0n) is 8.48. The van der Waals surface area contributed by atoms with Crippen molar-refractivity contribution in [1.82, 2.24) is 4.48 Å². The number of aromatic nitrogens is 2. The van der Waals surface area contributed by atoms with Gasteiger partial charge in [-0.25, -0.2) is 0 Å². The third-order valence-corrected chi connectivity index (χ3v) is 3.10. The Bertz CT molecular complexity index is 641. The second kappa shape index (κ2) is 3.17. The lowest BCUT2D eigenvalue weighted by Crippen LogP contribution is -2.69. The summed E-state index contributed by atoms with van der Waals surface area (Å²) in [6, 6.07) is 5.40. The van der Waals surface area contributed by atoms with Gasteiger partial charge in [0, 0.05) is 12.1 Å². The molecule has 0 amide bonds. The number of rotatable bonds is 0. The molecule has 3 rings (SSSR count). The summed E-state index contributed by atoms with van der Waals surface area (Å²) in [5.41, 5.74) is -0.106. The normalized spacial score (nSPS) is 16.5. The largest absolute Gasteiger partial charge is 0.737 e. The van der Waals surface area contributed by atoms with Gasteiger partial charge in [0.15, 0.2) is 0 Å². The summed E-state index contributed by atoms with van der Waals surface area (Å²) in [5.74, 6) is -0.453. The molecule has 7 heteroatoms. The summed E-state index contributed by atoms with van der Waals surface area (Å²) in [6.07, 6.45) is 2.34. The predicted octanol–water partition coefficient (Wildman–Crippen LogP) is 1.74. The van der Waals surface area contributed by atoms with Gasteiger partial charge in [-0.05, 0) is 18.3 Å². The van der Waals surface area contributed by atoms with Gasteiger partial charge in [-0.2, -0.15) is 0 Å². The number of hydrogen-bond acceptors (Lipinski definition) is 1. The van der Waals surface area contributed by atoms with E-state index in [9.17, 15) is 13.4 Å². The molecule has 0 fully saturated rings. The van der Waals surface area contributed by atoms with Crippen molar-refractivity contribution in [1.29, 1.82) is 0 Å². The average Bonchev–Trinajstić information content (AvgIpc) is 2.76. The van der Waals surface area contributed by atoms with Crippen molar-refractivity contribution in [2.24, 2.45) is 0 Å². The summed E-state index contributed by atoms with van der Waals surface area (Å²) in [7, 11) is 0. The Kier molecular flexibility index (Phi) is 1.95. The second-order valence-corrected chi connectivity index (χ2v) is 4.29. The lowest BCUT2D eigenvalue weighted by molar-refractivity contribution is -0.572. The number of ketones is 1. The highest BCUT2D eigenvalue weighted by Gasteiger charge is 2.50. The topological polar surface area (TPSA) is 25.9 Å². The van der Waals surface area contributed by atoms with E-state index >= 15 is 0 Å². The highest BCUT2D eigenvalue weighted by Crippen LogP contribution is 2.22. The molecule has 1 aliphatic rings. The Hall–Kier alpha value is -1.69. The highest BCUT2D eigenvalue weighted by atomic mass is 35.5. The van der Waals surface area contributed by atoms with Crippen LogP contribution >= 0.6 is 11.6 Å². The molecule has 17 heavy (non-hydrogen) atoms. The lowest BCUT2D eigenvalue weighted by Gasteiger charge is -2.27. The van der Waals surface area contributed by atoms with Gasteiger partial charge in [0.2, 0.25) is 5.69 Å². The minimum atomic E-state index is -4.02. The van der Waals surface area contributed by atoms with Crippen LogP contribution in [0.4, 0.5) is 8.63 Å². The van der Waals surface area contributed by atoms with Crippen molar-refractivity contribution in [2.45, 2.75) is 0 Å². The van der Waals surface area contributed by atoms with Crippen molar-refractivity contribution in [2.75, 3.05) is 0 Å². The van der Waals surface area contributed by atoms with E-state index in [0.29, 0.717) is 8.96 Å². The molecule has 86 valence electrons. The molecule has 1 aliphatic heterocycles. The van der Waals surface area contributed by atoms with E-state index in [1.807, 2.05) is 0 Å². The number of carbonyl (C=O) groups excluding carboxylic acids is 1. The molecule has 0 N–H and O–H groups in total. The lowest BCUT2D eigenvalue weighted by atomic mass is 9.90. The van der Waals surface area contributed by atoms with E-state index in [4.69, 9.17) is 11.6 Å². The molecule has 2 aromatic heterocycles. The molecule has 0 aromatic carbocycles. The summed E-state index contributed by atoms with van der Waals surface area (Å²) in [5, 5.41) is 0.260. The van der Waals surface area contributed by atoms with Gasteiger partial charge < -0.3 is 17.6 Å². The summed E-state index contributed by atoms with van der Waals surface area (Å²) < 4.78 is 29.6. The number of halogens is 3. The van der Waals surface area contributed by atoms with Crippen molar-refractivity contribution in [3.8, 4) is 0 Å². The van der Waals surface area contributed by atoms with E-state index in [-0.39, 0.29) is 16.4 Å². The van der Waals surface area contributed by atoms with Gasteiger partial charge in [-0.15, -0.1) is 0 Å². The van der Waals surface area contributed by atoms with Gasteiger partial charge in [0.1, 0.15) is 6.20 Å². The zero-order chi connectivity index (χ0) is 12.2. The zero-order valence-corrected chi connectivity index (χ0v) is 9.23. The van der Waals surface area contributed by atoms with E-state index in [0.717, 1.165) is 6.20 Å². The minimum absolute atomic E-state index is 0.0164. The fraction of sp³-hybridized carbons (Fsp3) is 0. The number of carbonyl (C=O) groups is 1. The number of pyridine rings is 1. The first-order valence-electron chi connectivity index (χ1n) is 4.96. The quantitative estimate of drug-likeness (QED) is 0.658. The maximum absolute atomic E-state index is 14.1. The van der Waals surface area contributed by atoms with E-state index in [2.05, 4.69) is 0 Å². The van der Waals surface area contributed by atoms with Gasteiger partial charge in [0.05, 0.1) is 10.7 Å². The first-order valence-corrected chi connectivity index (χ1v) is 5.34. The van der Waals surface area contributed by atoms with Gasteiger partial charge in [-0.3, -0.25) is 4.79 Å². The van der Waals surface area contributed by atoms with E-state index < -0.39 is 12.8 Å². The van der Waals surface area contributed by atoms with Crippen LogP contribution < -0.4 is 4.48 Å². The summed E-state index contributed by atoms with van der Waals surface area (Å²) in [4.78, 5) is 12.0. The van der Waals surface area contributed by atoms with Gasteiger partial charge in [0.25, 0.3) is 5.78 Å². The van der Waals surface area contributed by atoms with Crippen molar-refractivity contribution < 1.29 is 17.9 Å². The van der Waals surface area contributed by atoms with Gasteiger partial charge >= 0.3 is 6.97 Å². The molecule has 0 saturated carbocycles. The molecule has 0 radical (unpaired) electrons. The SMILES string of the molecule is O=C1c2cccn2[B-](F)(F)[n+]2ccc(Cl)cc21. The summed E-state index contributed by atoms with van der Waals surface area (Å²) >= 11 is 5.73. The Morgan fingerprint density at radius 3 is 2.88 bits per heavy atom. The van der Waals surface area contributed by atoms with Crippen LogP contribution in [0.1, 0.15) is 16.2 Å². The van der Waals surface area contributed by atoms with Crippen molar-refractivity contribution in [3.63, 3.8) is 0 Å². The van der Waals surface area contributed by atoms with Crippen LogP contribution in [0.25, 0.3) is 0 Å². The number of fused-ring (bicyclic) bond motifs is 2. The Morgan fingerprint density at radius 2 is 2.12 bits per heavy atom. The molecule has 0 bridgehead atoms. The molecule has 0 unspecified atom stereocenters. The molecular formula is C10H6BClF2N2O. The van der Waals surface area contributed by atoms with Crippen LogP contribution in [0.2, 0.25) is 5.02 Å². The van der Waals surface area contributed by atoms with Crippen LogP contribution in [0.15, 0.2) is 36.7 Å². The monoisotopic (exact) mass is 254 g/mol. The Morgan fingerprint density at radius 1 is 1.35 bits per heavy atom. The standard InChI is InChI=1S/C10H6BClF2N2O/c12-7-3-5-16-9(6-7)10(17)8-2-1-4-15(8)11(16,13)14/h1-6H. The van der Waals surface area contributed by atoms with Crippen molar-refractivity contribution >= 4 is 24.4 Å². The second-order valence-electron chi connectivity index (χ2n) is 3.86. The molecule has 3 heterocycles. The third kappa shape index (κ3) is 1.27. The van der Waals surface area contributed by atoms with Crippen LogP contribution in [-0.4, -0.2) is 17.2 Å². The number of nitrogens with zero attached hydrogens (tertiary/aromatic N) is 2. The first-order chi connectivity index (χ1) is 8.01. The molecule has 0 aliphatic carbocycles. The Balaban J connectivity index is 2.36. The fourth-order valence-corrected chi connectivity index (χ4v) is 2.22. The fourth-order valence-electron chi connectivity index (χ4n) is 2.06. The van der Waals surface area contributed by atoms with Crippen LogP contribution in [0.5, 0.6) is 0 Å². The molecular weight excluding hydrogens is 248 g/mol. The van der Waals surface area contributed by atoms with Crippen molar-refractivity contribution in [3.05, 3.63) is 53.1 Å². The van der Waals surface area contributed by atoms with Crippen LogP contribution in [-0.2, 0) is 0 Å². The first kappa shape index (κ1) is 10.5. The van der Waals surface area contributed by atoms with E-state index in [1.165, 1.54) is 30.5 Å². The maximum atomic E-state index is 14.1. The average molecular weight is 254 g/mol. The number of hydrogen-bond donors (Lipinski definition) is 0. The van der Waals surface area contributed by atoms with E-state index in [1.54, 1.807) is 0 Å².